The van der Waals surface area contributed by atoms with Crippen molar-refractivity contribution in [2.75, 3.05) is 53.3 Å². The average molecular weight is 1130 g/mol. The first-order valence-electron chi connectivity index (χ1n) is 27.6. The van der Waals surface area contributed by atoms with Crippen molar-refractivity contribution in [3.63, 3.8) is 0 Å². The summed E-state index contributed by atoms with van der Waals surface area (Å²) < 4.78 is 3.38. The van der Waals surface area contributed by atoms with E-state index in [-0.39, 0.29) is 43.9 Å². The number of rotatable bonds is 16. The average Bonchev–Trinajstić information content (AvgIpc) is 2.61. The first-order chi connectivity index (χ1) is 41.3. The van der Waals surface area contributed by atoms with E-state index in [1.54, 1.807) is 127 Å². The highest BCUT2D eigenvalue weighted by molar-refractivity contribution is 6.15. The second kappa shape index (κ2) is 23.7. The predicted octanol–water partition coefficient (Wildman–Crippen LogP) is 6.72. The number of hydrogen-bond donors (Lipinski definition) is 4. The number of aldehydes is 1. The number of hydrogen-bond acceptors (Lipinski definition) is 13. The third-order valence-corrected chi connectivity index (χ3v) is 15.8. The lowest BCUT2D eigenvalue weighted by molar-refractivity contribution is -0.128. The van der Waals surface area contributed by atoms with Crippen molar-refractivity contribution in [3.05, 3.63) is 203 Å². The maximum absolute atomic E-state index is 15.2. The van der Waals surface area contributed by atoms with Crippen LogP contribution in [0.4, 0.5) is 22.7 Å². The Morgan fingerprint density at radius 3 is 1.42 bits per heavy atom. The highest BCUT2D eigenvalue weighted by Crippen LogP contribution is 2.39. The standard InChI is InChI=1S/C65H58N14O6/c1-41(68-3)60(81)71-51-38-75(57-26-14-16-28-59(57)77(64(51)85)36-49-47-20-8-12-24-55(47)79(73-49)53-22-10-6-18-45(53)34-67)62(83)43-31-29-42(30-32-43)61(82)74-37-50(70-39-65(2,40-80)69-4)63(84)76(58-27-15-13-25-56(58)74)35-48-46-19-7-11-23-54(46)78(72-48)52-21-9-5-17-44(52)33-66/h5-32,40-41,50-51,68-70H,35-39H2,1-4H3,(H,71,81). The summed E-state index contributed by atoms with van der Waals surface area (Å²) in [4.78, 5) is 92.9. The van der Waals surface area contributed by atoms with Crippen molar-refractivity contribution in [1.29, 1.82) is 10.5 Å². The third-order valence-electron chi connectivity index (χ3n) is 15.8. The molecule has 11 rings (SSSR count). The first kappa shape index (κ1) is 56.2. The summed E-state index contributed by atoms with van der Waals surface area (Å²) in [7, 11) is 3.27. The molecule has 20 nitrogen and oxygen atoms in total. The summed E-state index contributed by atoms with van der Waals surface area (Å²) in [5, 5.41) is 43.7. The molecule has 4 N–H and O–H groups in total. The second-order valence-electron chi connectivity index (χ2n) is 21.0. The van der Waals surface area contributed by atoms with Gasteiger partial charge in [-0.25, -0.2) is 9.36 Å². The molecular weight excluding hydrogens is 1070 g/mol. The van der Waals surface area contributed by atoms with Crippen LogP contribution in [0.2, 0.25) is 0 Å². The van der Waals surface area contributed by atoms with Gasteiger partial charge in [-0.1, -0.05) is 84.9 Å². The lowest BCUT2D eigenvalue weighted by Crippen LogP contribution is -2.57. The number of fused-ring (bicyclic) bond motifs is 4. The lowest BCUT2D eigenvalue weighted by atomic mass is 10.0. The molecule has 0 saturated heterocycles. The smallest absolute Gasteiger partial charge is 0.258 e. The Morgan fingerprint density at radius 2 is 0.988 bits per heavy atom. The van der Waals surface area contributed by atoms with Gasteiger partial charge in [-0.2, -0.15) is 20.7 Å². The summed E-state index contributed by atoms with van der Waals surface area (Å²) in [5.41, 5.74) is 5.26. The number of benzene rings is 7. The number of nitriles is 2. The maximum atomic E-state index is 15.2. The van der Waals surface area contributed by atoms with Crippen LogP contribution in [0, 0.1) is 22.7 Å². The number of anilines is 4. The number of carbonyl (C=O) groups excluding carboxylic acids is 6. The van der Waals surface area contributed by atoms with E-state index in [0.29, 0.717) is 62.2 Å². The second-order valence-corrected chi connectivity index (χ2v) is 21.0. The molecule has 4 unspecified atom stereocenters. The summed E-state index contributed by atoms with van der Waals surface area (Å²) in [5.74, 6) is -2.37. The van der Waals surface area contributed by atoms with Crippen molar-refractivity contribution < 1.29 is 28.8 Å². The van der Waals surface area contributed by atoms with Crippen LogP contribution in [0.3, 0.4) is 0 Å². The van der Waals surface area contributed by atoms with Crippen LogP contribution in [0.15, 0.2) is 170 Å². The zero-order valence-electron chi connectivity index (χ0n) is 46.9. The largest absolute Gasteiger partial charge is 0.341 e. The van der Waals surface area contributed by atoms with Gasteiger partial charge in [0, 0.05) is 28.4 Å². The summed E-state index contributed by atoms with van der Waals surface area (Å²) in [6, 6.07) is 50.9. The van der Waals surface area contributed by atoms with Gasteiger partial charge >= 0.3 is 0 Å². The molecular formula is C65H58N14O6. The molecule has 2 aliphatic heterocycles. The van der Waals surface area contributed by atoms with Gasteiger partial charge < -0.3 is 45.7 Å². The third kappa shape index (κ3) is 10.6. The molecule has 0 spiro atoms. The van der Waals surface area contributed by atoms with Crippen molar-refractivity contribution in [2.45, 2.75) is 50.6 Å². The number of amides is 5. The van der Waals surface area contributed by atoms with Crippen molar-refractivity contribution in [3.8, 4) is 23.5 Å². The van der Waals surface area contributed by atoms with E-state index in [9.17, 15) is 20.1 Å². The van der Waals surface area contributed by atoms with Gasteiger partial charge in [0.25, 0.3) is 17.7 Å². The quantitative estimate of drug-likeness (QED) is 0.0735. The maximum Gasteiger partial charge on any atom is 0.258 e. The van der Waals surface area contributed by atoms with E-state index in [1.165, 1.54) is 39.0 Å². The van der Waals surface area contributed by atoms with Crippen molar-refractivity contribution >= 4 is 80.4 Å². The molecule has 85 heavy (non-hydrogen) atoms. The highest BCUT2D eigenvalue weighted by Gasteiger charge is 2.41. The van der Waals surface area contributed by atoms with E-state index in [0.717, 1.165) is 22.6 Å². The van der Waals surface area contributed by atoms with E-state index in [4.69, 9.17) is 10.2 Å². The normalized spacial score (nSPS) is 16.1. The van der Waals surface area contributed by atoms with E-state index in [2.05, 4.69) is 33.4 Å². The van der Waals surface area contributed by atoms with Crippen LogP contribution >= 0.6 is 0 Å². The van der Waals surface area contributed by atoms with Crippen LogP contribution < -0.4 is 40.9 Å². The number of nitrogens with zero attached hydrogens (tertiary/aromatic N) is 10. The highest BCUT2D eigenvalue weighted by atomic mass is 16.2. The summed E-state index contributed by atoms with van der Waals surface area (Å²) in [6.07, 6.45) is 0.758. The monoisotopic (exact) mass is 1130 g/mol. The minimum Gasteiger partial charge on any atom is -0.341 e. The van der Waals surface area contributed by atoms with Crippen LogP contribution in [-0.2, 0) is 32.3 Å². The van der Waals surface area contributed by atoms with Gasteiger partial charge in [-0.15, -0.1) is 0 Å². The van der Waals surface area contributed by atoms with Gasteiger partial charge in [-0.3, -0.25) is 24.0 Å². The molecule has 4 atom stereocenters. The molecule has 2 aliphatic rings. The molecule has 0 aliphatic carbocycles. The Bertz CT molecular complexity index is 4200. The minimum absolute atomic E-state index is 0.0245. The molecule has 424 valence electrons. The van der Waals surface area contributed by atoms with E-state index < -0.39 is 53.2 Å². The molecule has 0 fully saturated rings. The minimum atomic E-state index is -1.24. The number of aromatic nitrogens is 4. The van der Waals surface area contributed by atoms with Gasteiger partial charge in [-0.05, 0) is 113 Å². The topological polar surface area (TPSA) is 247 Å². The Morgan fingerprint density at radius 1 is 0.588 bits per heavy atom. The van der Waals surface area contributed by atoms with Gasteiger partial charge in [0.2, 0.25) is 11.8 Å². The Labute approximate surface area is 489 Å². The summed E-state index contributed by atoms with van der Waals surface area (Å²) >= 11 is 0. The predicted molar refractivity (Wildman–Crippen MR) is 322 cm³/mol. The van der Waals surface area contributed by atoms with Gasteiger partial charge in [0.05, 0.1) is 105 Å². The number of likely N-dealkylation sites (N-methyl/N-ethyl adjacent to an activating group) is 2. The van der Waals surface area contributed by atoms with E-state index in [1.807, 2.05) is 60.7 Å². The lowest BCUT2D eigenvalue weighted by Gasteiger charge is -2.29. The van der Waals surface area contributed by atoms with Gasteiger partial charge in [0.15, 0.2) is 0 Å². The van der Waals surface area contributed by atoms with Gasteiger partial charge in [0.1, 0.15) is 30.5 Å². The number of nitrogens with one attached hydrogen (secondary N) is 4. The van der Waals surface area contributed by atoms with Crippen molar-refractivity contribution in [1.82, 2.24) is 40.8 Å². The molecule has 4 heterocycles. The Balaban J connectivity index is 0.935. The molecule has 0 bridgehead atoms. The first-order valence-corrected chi connectivity index (χ1v) is 27.6. The molecule has 7 aromatic carbocycles. The Kier molecular flexibility index (Phi) is 15.7. The van der Waals surface area contributed by atoms with Crippen LogP contribution in [0.1, 0.15) is 57.1 Å². The van der Waals surface area contributed by atoms with Crippen molar-refractivity contribution in [2.24, 2.45) is 0 Å². The number of carbonyl (C=O) groups is 6. The summed E-state index contributed by atoms with van der Waals surface area (Å²) in [6.45, 7) is 2.85. The fraction of sp³-hybridized carbons (Fsp3) is 0.200. The zero-order valence-corrected chi connectivity index (χ0v) is 46.9. The van der Waals surface area contributed by atoms with E-state index >= 15 is 19.2 Å². The van der Waals surface area contributed by atoms with Crippen LogP contribution in [0.5, 0.6) is 0 Å². The molecule has 0 radical (unpaired) electrons. The fourth-order valence-corrected chi connectivity index (χ4v) is 10.8. The SMILES string of the molecule is CNC(C)C(=O)NC1CN(C(=O)c2ccc(C(=O)N3CC(NCC(C)(C=O)NC)C(=O)N(Cc4nn(-c5ccccc5C#N)c5ccccc45)c4ccccc43)cc2)c2ccccc2N(Cc2nn(-c3ccccc3C#N)c3ccccc23)C1=O. The number of para-hydroxylation sites is 8. The van der Waals surface area contributed by atoms with Crippen LogP contribution in [0.25, 0.3) is 33.2 Å². The molecule has 0 saturated carbocycles. The Hall–Kier alpha value is -10.6. The zero-order chi connectivity index (χ0) is 59.5. The molecule has 2 aromatic heterocycles. The molecule has 5 amide bonds. The van der Waals surface area contributed by atoms with Crippen LogP contribution in [-0.4, -0.2) is 113 Å². The fourth-order valence-electron chi connectivity index (χ4n) is 10.8. The molecule has 9 aromatic rings. The molecule has 20 heteroatoms.